The van der Waals surface area contributed by atoms with E-state index in [1.807, 2.05) is 6.92 Å². The Balaban J connectivity index is 3.69. The van der Waals surface area contributed by atoms with Crippen molar-refractivity contribution in [1.82, 2.24) is 0 Å². The van der Waals surface area contributed by atoms with Crippen molar-refractivity contribution in [3.63, 3.8) is 0 Å². The summed E-state index contributed by atoms with van der Waals surface area (Å²) in [5.74, 6) is 0. The average Bonchev–Trinajstić information content (AvgIpc) is 2.30. The van der Waals surface area contributed by atoms with Gasteiger partial charge in [0.2, 0.25) is 0 Å². The Morgan fingerprint density at radius 2 is 2.40 bits per heavy atom. The van der Waals surface area contributed by atoms with E-state index in [2.05, 4.69) is 31.4 Å². The predicted octanol–water partition coefficient (Wildman–Crippen LogP) is 1.42. The molecule has 10 heavy (non-hydrogen) atoms. The van der Waals surface area contributed by atoms with Crippen LogP contribution in [0.5, 0.6) is 0 Å². The molecule has 0 unspecified atom stereocenters. The number of hydrogen-bond acceptors (Lipinski definition) is 1. The molecule has 0 N–H and O–H groups in total. The monoisotopic (exact) mass is 150 g/mol. The molecule has 0 aliphatic heterocycles. The Kier molecular flexibility index (Phi) is 2.10. The van der Waals surface area contributed by atoms with E-state index in [0.29, 0.717) is 0 Å². The molecule has 1 aromatic heterocycles. The van der Waals surface area contributed by atoms with E-state index in [0.717, 1.165) is 5.22 Å². The lowest BCUT2D eigenvalue weighted by molar-refractivity contribution is 1.60. The third-order valence-electron chi connectivity index (χ3n) is 1.34. The van der Waals surface area contributed by atoms with E-state index in [4.69, 9.17) is 0 Å². The molecule has 0 saturated heterocycles. The van der Waals surface area contributed by atoms with Gasteiger partial charge in [0.1, 0.15) is 0 Å². The predicted molar refractivity (Wildman–Crippen MR) is 47.5 cm³/mol. The van der Waals surface area contributed by atoms with Crippen LogP contribution in [0.3, 0.4) is 0 Å². The molecule has 0 fully saturated rings. The molecule has 0 saturated carbocycles. The molecule has 1 rings (SSSR count). The maximum atomic E-state index is 3.61. The fourth-order valence-electron chi connectivity index (χ4n) is 0.885. The summed E-state index contributed by atoms with van der Waals surface area (Å²) in [5, 5.41) is 1.13. The Morgan fingerprint density at radius 1 is 1.70 bits per heavy atom. The number of hydrogen-bond donors (Lipinski definition) is 0. The molecular formula is C9H10S. The lowest BCUT2D eigenvalue weighted by Gasteiger charge is -1.69. The van der Waals surface area contributed by atoms with Gasteiger partial charge in [0.05, 0.1) is 0 Å². The van der Waals surface area contributed by atoms with Crippen molar-refractivity contribution in [2.75, 3.05) is 0 Å². The molecule has 0 atom stereocenters. The largest absolute Gasteiger partial charge is 0.140 e. The number of thiophene rings is 1. The van der Waals surface area contributed by atoms with Crippen LogP contribution in [0.25, 0.3) is 11.8 Å². The van der Waals surface area contributed by atoms with Crippen molar-refractivity contribution < 1.29 is 0 Å². The normalized spacial score (nSPS) is 11.6. The first-order valence-electron chi connectivity index (χ1n) is 3.21. The Hall–Kier alpha value is -0.780. The van der Waals surface area contributed by atoms with Gasteiger partial charge in [0.15, 0.2) is 0 Å². The van der Waals surface area contributed by atoms with Crippen molar-refractivity contribution in [3.8, 4) is 0 Å². The highest BCUT2D eigenvalue weighted by atomic mass is 32.1. The topological polar surface area (TPSA) is 0 Å². The number of rotatable bonds is 0. The Bertz CT molecular complexity index is 351. The third kappa shape index (κ3) is 1.21. The van der Waals surface area contributed by atoms with Gasteiger partial charge in [0, 0.05) is 14.6 Å². The summed E-state index contributed by atoms with van der Waals surface area (Å²) in [6, 6.07) is 2.10. The lowest BCUT2D eigenvalue weighted by Crippen LogP contribution is -2.14. The summed E-state index contributed by atoms with van der Waals surface area (Å²) in [6.07, 6.45) is 2.09. The molecule has 0 nitrogen and oxygen atoms in total. The van der Waals surface area contributed by atoms with Crippen molar-refractivity contribution in [2.24, 2.45) is 0 Å². The van der Waals surface area contributed by atoms with E-state index in [1.165, 1.54) is 9.41 Å². The van der Waals surface area contributed by atoms with Crippen molar-refractivity contribution >= 4 is 23.1 Å². The summed E-state index contributed by atoms with van der Waals surface area (Å²) < 4.78 is 1.27. The minimum absolute atomic E-state index is 1.13. The van der Waals surface area contributed by atoms with Crippen LogP contribution < -0.4 is 9.75 Å². The quantitative estimate of drug-likeness (QED) is 0.525. The van der Waals surface area contributed by atoms with Crippen molar-refractivity contribution in [3.05, 3.63) is 27.3 Å². The zero-order valence-electron chi connectivity index (χ0n) is 6.27. The molecule has 1 heterocycles. The fraction of sp³-hybridized carbons (Fsp3) is 0.222. The van der Waals surface area contributed by atoms with Crippen LogP contribution >= 0.6 is 11.3 Å². The highest BCUT2D eigenvalue weighted by Gasteiger charge is 1.87. The summed E-state index contributed by atoms with van der Waals surface area (Å²) in [4.78, 5) is 1.32. The molecule has 0 aromatic carbocycles. The SMILES string of the molecule is C=C=c1cc(C)sc1=CC. The maximum absolute atomic E-state index is 3.61. The van der Waals surface area contributed by atoms with Crippen LogP contribution in [0, 0.1) is 6.92 Å². The van der Waals surface area contributed by atoms with Gasteiger partial charge < -0.3 is 0 Å². The van der Waals surface area contributed by atoms with Crippen LogP contribution in [0.1, 0.15) is 11.8 Å². The van der Waals surface area contributed by atoms with Crippen LogP contribution in [0.2, 0.25) is 0 Å². The summed E-state index contributed by atoms with van der Waals surface area (Å²) in [5.41, 5.74) is 2.90. The molecule has 0 aliphatic carbocycles. The van der Waals surface area contributed by atoms with E-state index in [-0.39, 0.29) is 0 Å². The van der Waals surface area contributed by atoms with Gasteiger partial charge in [-0.15, -0.1) is 17.1 Å². The van der Waals surface area contributed by atoms with E-state index < -0.39 is 0 Å². The molecule has 1 heteroatoms. The van der Waals surface area contributed by atoms with E-state index >= 15 is 0 Å². The molecule has 52 valence electrons. The Labute approximate surface area is 64.8 Å². The Morgan fingerprint density at radius 3 is 2.80 bits per heavy atom. The standard InChI is InChI=1S/C9H10S/c1-4-8-6-7(3)10-9(8)5-2/h5-6H,1H2,2-3H3. The third-order valence-corrected chi connectivity index (χ3v) is 2.45. The zero-order valence-corrected chi connectivity index (χ0v) is 7.09. The van der Waals surface area contributed by atoms with Crippen LogP contribution in [-0.2, 0) is 0 Å². The van der Waals surface area contributed by atoms with Crippen LogP contribution in [-0.4, -0.2) is 0 Å². The van der Waals surface area contributed by atoms with Gasteiger partial charge >= 0.3 is 0 Å². The average molecular weight is 150 g/mol. The van der Waals surface area contributed by atoms with Gasteiger partial charge in [-0.05, 0) is 19.9 Å². The molecular weight excluding hydrogens is 140 g/mol. The highest BCUT2D eigenvalue weighted by molar-refractivity contribution is 7.09. The van der Waals surface area contributed by atoms with Crippen molar-refractivity contribution in [2.45, 2.75) is 13.8 Å². The zero-order chi connectivity index (χ0) is 7.56. The lowest BCUT2D eigenvalue weighted by atomic mass is 10.4. The first-order chi connectivity index (χ1) is 4.77. The minimum atomic E-state index is 1.13. The van der Waals surface area contributed by atoms with E-state index in [9.17, 15) is 0 Å². The fourth-order valence-corrected chi connectivity index (χ4v) is 1.77. The van der Waals surface area contributed by atoms with Gasteiger partial charge in [-0.1, -0.05) is 12.7 Å². The maximum Gasteiger partial charge on any atom is 0.0380 e. The second-order valence-electron chi connectivity index (χ2n) is 2.10. The smallest absolute Gasteiger partial charge is 0.0380 e. The highest BCUT2D eigenvalue weighted by Crippen LogP contribution is 1.94. The first-order valence-corrected chi connectivity index (χ1v) is 4.02. The van der Waals surface area contributed by atoms with Gasteiger partial charge in [-0.25, -0.2) is 0 Å². The van der Waals surface area contributed by atoms with E-state index in [1.54, 1.807) is 11.3 Å². The van der Waals surface area contributed by atoms with Crippen molar-refractivity contribution in [1.29, 1.82) is 0 Å². The van der Waals surface area contributed by atoms with Crippen LogP contribution in [0.4, 0.5) is 0 Å². The minimum Gasteiger partial charge on any atom is -0.140 e. The number of aryl methyl sites for hydroxylation is 1. The molecule has 0 amide bonds. The summed E-state index contributed by atoms with van der Waals surface area (Å²) in [7, 11) is 0. The molecule has 0 bridgehead atoms. The van der Waals surface area contributed by atoms with Crippen LogP contribution in [0.15, 0.2) is 12.6 Å². The van der Waals surface area contributed by atoms with Gasteiger partial charge in [-0.2, -0.15) is 0 Å². The molecule has 0 aliphatic rings. The second kappa shape index (κ2) is 2.87. The van der Waals surface area contributed by atoms with Gasteiger partial charge in [-0.3, -0.25) is 0 Å². The molecule has 1 aromatic rings. The van der Waals surface area contributed by atoms with Gasteiger partial charge in [0.25, 0.3) is 0 Å². The summed E-state index contributed by atoms with van der Waals surface area (Å²) in [6.45, 7) is 7.74. The molecule has 0 spiro atoms. The first kappa shape index (κ1) is 7.33. The second-order valence-corrected chi connectivity index (χ2v) is 3.39. The molecule has 0 radical (unpaired) electrons. The summed E-state index contributed by atoms with van der Waals surface area (Å²) >= 11 is 1.78.